The van der Waals surface area contributed by atoms with Gasteiger partial charge in [-0.2, -0.15) is 0 Å². The first-order chi connectivity index (χ1) is 13.1. The average Bonchev–Trinajstić information content (AvgIpc) is 3.29. The van der Waals surface area contributed by atoms with E-state index in [9.17, 15) is 4.79 Å². The van der Waals surface area contributed by atoms with E-state index >= 15 is 0 Å². The van der Waals surface area contributed by atoms with E-state index in [1.165, 1.54) is 19.8 Å². The van der Waals surface area contributed by atoms with Crippen LogP contribution in [-0.4, -0.2) is 54.9 Å². The molecule has 0 aromatic heterocycles. The van der Waals surface area contributed by atoms with Crippen molar-refractivity contribution in [3.63, 3.8) is 0 Å². The summed E-state index contributed by atoms with van der Waals surface area (Å²) in [5.41, 5.74) is 0. The van der Waals surface area contributed by atoms with Gasteiger partial charge in [0.2, 0.25) is 0 Å². The van der Waals surface area contributed by atoms with Crippen molar-refractivity contribution < 1.29 is 33.2 Å². The minimum atomic E-state index is -0.575. The Hall–Kier alpha value is -0.730. The number of esters is 1. The first-order valence-electron chi connectivity index (χ1n) is 10.6. The van der Waals surface area contributed by atoms with Crippen molar-refractivity contribution in [1.82, 2.24) is 0 Å². The van der Waals surface area contributed by atoms with Gasteiger partial charge in [0.25, 0.3) is 0 Å². The van der Waals surface area contributed by atoms with Crippen LogP contribution in [0.1, 0.15) is 71.1 Å². The second-order valence-corrected chi connectivity index (χ2v) is 8.65. The van der Waals surface area contributed by atoms with Crippen molar-refractivity contribution >= 4 is 5.97 Å². The molecule has 0 aromatic rings. The van der Waals surface area contributed by atoms with Crippen LogP contribution >= 0.6 is 0 Å². The third-order valence-electron chi connectivity index (χ3n) is 6.66. The molecular weight excluding hydrogens is 352 g/mol. The van der Waals surface area contributed by atoms with Crippen LogP contribution in [0, 0.1) is 0 Å². The molecule has 3 aliphatic heterocycles. The van der Waals surface area contributed by atoms with E-state index in [-0.39, 0.29) is 12.1 Å². The zero-order valence-electron chi connectivity index (χ0n) is 16.0. The van der Waals surface area contributed by atoms with Gasteiger partial charge >= 0.3 is 5.97 Å². The molecule has 27 heavy (non-hydrogen) atoms. The van der Waals surface area contributed by atoms with Crippen molar-refractivity contribution in [3.8, 4) is 0 Å². The molecule has 7 heteroatoms. The second-order valence-electron chi connectivity index (χ2n) is 8.65. The lowest BCUT2D eigenvalue weighted by Crippen LogP contribution is -2.46. The summed E-state index contributed by atoms with van der Waals surface area (Å²) >= 11 is 0. The van der Waals surface area contributed by atoms with Crippen LogP contribution in [0.4, 0.5) is 0 Å². The fourth-order valence-electron chi connectivity index (χ4n) is 5.40. The lowest BCUT2D eigenvalue weighted by molar-refractivity contribution is -0.261. The Kier molecular flexibility index (Phi) is 4.71. The molecule has 152 valence electrons. The molecular formula is C20H30O7. The molecule has 0 unspecified atom stereocenters. The van der Waals surface area contributed by atoms with Crippen LogP contribution in [0.2, 0.25) is 0 Å². The van der Waals surface area contributed by atoms with Gasteiger partial charge in [-0.25, -0.2) is 0 Å². The van der Waals surface area contributed by atoms with Crippen LogP contribution in [0.3, 0.4) is 0 Å². The summed E-state index contributed by atoms with van der Waals surface area (Å²) in [6.45, 7) is 1.87. The van der Waals surface area contributed by atoms with Gasteiger partial charge in [0.05, 0.1) is 6.61 Å². The van der Waals surface area contributed by atoms with E-state index in [1.54, 1.807) is 0 Å². The van der Waals surface area contributed by atoms with E-state index in [4.69, 9.17) is 28.4 Å². The molecule has 5 atom stereocenters. The van der Waals surface area contributed by atoms with E-state index in [0.29, 0.717) is 6.61 Å². The number of rotatable bonds is 2. The molecule has 5 fully saturated rings. The molecule has 0 aromatic carbocycles. The quantitative estimate of drug-likeness (QED) is 0.680. The average molecular weight is 382 g/mol. The van der Waals surface area contributed by atoms with Gasteiger partial charge < -0.3 is 28.4 Å². The van der Waals surface area contributed by atoms with E-state index in [1.807, 2.05) is 0 Å². The molecule has 2 saturated carbocycles. The second kappa shape index (κ2) is 6.95. The summed E-state index contributed by atoms with van der Waals surface area (Å²) in [7, 11) is 0. The third kappa shape index (κ3) is 3.31. The number of ether oxygens (including phenoxy) is 6. The monoisotopic (exact) mass is 382 g/mol. The molecule has 0 N–H and O–H groups in total. The fraction of sp³-hybridized carbons (Fsp3) is 0.950. The normalized spacial score (nSPS) is 42.5. The Balaban J connectivity index is 1.31. The minimum absolute atomic E-state index is 0.271. The van der Waals surface area contributed by atoms with Crippen LogP contribution in [0.15, 0.2) is 0 Å². The van der Waals surface area contributed by atoms with Gasteiger partial charge in [-0.05, 0) is 25.7 Å². The number of hydrogen-bond acceptors (Lipinski definition) is 7. The summed E-state index contributed by atoms with van der Waals surface area (Å²) in [6.07, 6.45) is 8.27. The summed E-state index contributed by atoms with van der Waals surface area (Å²) in [5.74, 6) is -1.40. The summed E-state index contributed by atoms with van der Waals surface area (Å²) < 4.78 is 36.8. The highest BCUT2D eigenvalue weighted by Gasteiger charge is 2.62. The van der Waals surface area contributed by atoms with Crippen molar-refractivity contribution in [2.24, 2.45) is 0 Å². The lowest BCUT2D eigenvalue weighted by atomic mass is 9.94. The Morgan fingerprint density at radius 2 is 1.52 bits per heavy atom. The van der Waals surface area contributed by atoms with Gasteiger partial charge in [-0.15, -0.1) is 0 Å². The first-order valence-corrected chi connectivity index (χ1v) is 10.6. The van der Waals surface area contributed by atoms with Gasteiger partial charge in [0.15, 0.2) is 30.1 Å². The molecule has 3 heterocycles. The third-order valence-corrected chi connectivity index (χ3v) is 6.66. The highest BCUT2D eigenvalue weighted by atomic mass is 16.9. The van der Waals surface area contributed by atoms with Crippen molar-refractivity contribution in [2.75, 3.05) is 6.61 Å². The molecule has 0 amide bonds. The predicted octanol–water partition coefficient (Wildman–Crippen LogP) is 2.79. The van der Waals surface area contributed by atoms with E-state index in [2.05, 4.69) is 0 Å². The maximum absolute atomic E-state index is 11.8. The van der Waals surface area contributed by atoms with Gasteiger partial charge in [-0.1, -0.05) is 12.8 Å². The largest absolute Gasteiger partial charge is 0.457 e. The topological polar surface area (TPSA) is 72.5 Å². The lowest BCUT2D eigenvalue weighted by Gasteiger charge is -2.35. The summed E-state index contributed by atoms with van der Waals surface area (Å²) in [6, 6.07) is 0. The highest BCUT2D eigenvalue weighted by molar-refractivity contribution is 5.66. The molecule has 7 nitrogen and oxygen atoms in total. The zero-order valence-corrected chi connectivity index (χ0v) is 16.0. The molecule has 5 aliphatic rings. The minimum Gasteiger partial charge on any atom is -0.457 e. The summed E-state index contributed by atoms with van der Waals surface area (Å²) in [4.78, 5) is 11.8. The van der Waals surface area contributed by atoms with Crippen LogP contribution in [0.25, 0.3) is 0 Å². The first kappa shape index (κ1) is 18.3. The molecule has 3 saturated heterocycles. The van der Waals surface area contributed by atoms with E-state index in [0.717, 1.165) is 51.4 Å². The smallest absolute Gasteiger partial charge is 0.303 e. The fourth-order valence-corrected chi connectivity index (χ4v) is 5.40. The molecule has 2 spiro atoms. The van der Waals surface area contributed by atoms with E-state index < -0.39 is 36.2 Å². The van der Waals surface area contributed by atoms with Gasteiger partial charge in [0, 0.05) is 32.6 Å². The Bertz CT molecular complexity index is 567. The van der Waals surface area contributed by atoms with Gasteiger partial charge in [-0.3, -0.25) is 4.79 Å². The van der Waals surface area contributed by atoms with Crippen molar-refractivity contribution in [1.29, 1.82) is 0 Å². The number of carbonyl (C=O) groups excluding carboxylic acids is 1. The Morgan fingerprint density at radius 3 is 2.19 bits per heavy atom. The molecule has 2 aliphatic carbocycles. The Morgan fingerprint density at radius 1 is 0.852 bits per heavy atom. The van der Waals surface area contributed by atoms with Crippen molar-refractivity contribution in [2.45, 2.75) is 113 Å². The molecule has 0 bridgehead atoms. The number of carbonyl (C=O) groups is 1. The maximum atomic E-state index is 11.8. The standard InChI is InChI=1S/C20H30O7/c1-13(21)23-16-15(14-12-22-19(25-14)8-4-2-5-9-19)24-18-17(16)26-20(27-18)10-6-3-7-11-20/h14-18H,2-12H2,1H3/t14-,15-,16+,17-,18+/m1/s1. The number of hydrogen-bond donors (Lipinski definition) is 0. The van der Waals surface area contributed by atoms with Crippen LogP contribution in [0.5, 0.6) is 0 Å². The maximum Gasteiger partial charge on any atom is 0.303 e. The SMILES string of the molecule is CC(=O)O[C@@H]1[C@H]2OC3(CCCCC3)O[C@@H]2O[C@@H]1[C@H]1COC2(CCCCC2)O1. The van der Waals surface area contributed by atoms with Crippen LogP contribution in [-0.2, 0) is 33.2 Å². The summed E-state index contributed by atoms with van der Waals surface area (Å²) in [5, 5.41) is 0. The number of fused-ring (bicyclic) bond motifs is 1. The molecule has 0 radical (unpaired) electrons. The van der Waals surface area contributed by atoms with Crippen LogP contribution < -0.4 is 0 Å². The highest BCUT2D eigenvalue weighted by Crippen LogP contribution is 2.48. The zero-order chi connectivity index (χ0) is 18.5. The Labute approximate surface area is 159 Å². The van der Waals surface area contributed by atoms with Crippen molar-refractivity contribution in [3.05, 3.63) is 0 Å². The van der Waals surface area contributed by atoms with Gasteiger partial charge in [0.1, 0.15) is 12.2 Å². The predicted molar refractivity (Wildman–Crippen MR) is 92.6 cm³/mol. The molecule has 5 rings (SSSR count).